The number of nitrogens with one attached hydrogen (secondary N) is 1. The summed E-state index contributed by atoms with van der Waals surface area (Å²) in [6.45, 7) is 5.87. The highest BCUT2D eigenvalue weighted by atomic mass is 35.5. The quantitative estimate of drug-likeness (QED) is 0.702. The second kappa shape index (κ2) is 9.97. The van der Waals surface area contributed by atoms with Gasteiger partial charge < -0.3 is 15.0 Å². The predicted molar refractivity (Wildman–Crippen MR) is 120 cm³/mol. The number of halogens is 1. The number of hydrogen-bond acceptors (Lipinski definition) is 6. The highest BCUT2D eigenvalue weighted by Gasteiger charge is 2.47. The van der Waals surface area contributed by atoms with Crippen LogP contribution in [0, 0.1) is 30.1 Å². The van der Waals surface area contributed by atoms with E-state index in [0.29, 0.717) is 47.8 Å². The van der Waals surface area contributed by atoms with Crippen LogP contribution in [0.5, 0.6) is 5.75 Å². The van der Waals surface area contributed by atoms with Crippen molar-refractivity contribution in [2.45, 2.75) is 39.2 Å². The number of amides is 1. The maximum Gasteiger partial charge on any atom is 0.276 e. The van der Waals surface area contributed by atoms with Crippen LogP contribution < -0.4 is 10.1 Å². The first-order chi connectivity index (χ1) is 14.6. The first-order valence-corrected chi connectivity index (χ1v) is 10.6. The van der Waals surface area contributed by atoms with Crippen LogP contribution in [-0.2, 0) is 0 Å². The van der Waals surface area contributed by atoms with Gasteiger partial charge in [0.25, 0.3) is 5.91 Å². The fourth-order valence-electron chi connectivity index (χ4n) is 4.09. The van der Waals surface area contributed by atoms with E-state index in [9.17, 15) is 4.79 Å². The fourth-order valence-corrected chi connectivity index (χ4v) is 4.09. The minimum Gasteiger partial charge on any atom is -0.491 e. The van der Waals surface area contributed by atoms with Gasteiger partial charge in [-0.15, -0.1) is 12.4 Å². The highest BCUT2D eigenvalue weighted by Crippen LogP contribution is 2.47. The van der Waals surface area contributed by atoms with Crippen molar-refractivity contribution in [1.29, 1.82) is 5.26 Å². The third kappa shape index (κ3) is 5.26. The van der Waals surface area contributed by atoms with Crippen molar-refractivity contribution in [3.05, 3.63) is 47.4 Å². The third-order valence-corrected chi connectivity index (χ3v) is 5.85. The zero-order valence-corrected chi connectivity index (χ0v) is 18.7. The van der Waals surface area contributed by atoms with Crippen molar-refractivity contribution < 1.29 is 9.53 Å². The normalized spacial score (nSPS) is 21.3. The Morgan fingerprint density at radius 2 is 2.13 bits per heavy atom. The van der Waals surface area contributed by atoms with Crippen molar-refractivity contribution in [3.8, 4) is 11.8 Å². The van der Waals surface area contributed by atoms with Gasteiger partial charge in [-0.05, 0) is 62.3 Å². The van der Waals surface area contributed by atoms with E-state index >= 15 is 0 Å². The summed E-state index contributed by atoms with van der Waals surface area (Å²) in [6.07, 6.45) is 4.60. The van der Waals surface area contributed by atoms with Gasteiger partial charge in [-0.3, -0.25) is 4.79 Å². The molecule has 164 valence electrons. The number of anilines is 1. The Hall–Kier alpha value is -2.85. The monoisotopic (exact) mass is 441 g/mol. The van der Waals surface area contributed by atoms with E-state index in [1.807, 2.05) is 30.9 Å². The van der Waals surface area contributed by atoms with Gasteiger partial charge in [0.05, 0.1) is 12.2 Å². The Balaban J connectivity index is 0.00000272. The number of likely N-dealkylation sites (tertiary alicyclic amines) is 1. The van der Waals surface area contributed by atoms with Crippen molar-refractivity contribution in [2.75, 3.05) is 25.0 Å². The molecule has 3 atom stereocenters. The zero-order chi connectivity index (χ0) is 21.1. The molecule has 0 aromatic carbocycles. The Kier molecular flexibility index (Phi) is 7.34. The molecule has 2 aromatic rings. The summed E-state index contributed by atoms with van der Waals surface area (Å²) in [7, 11) is 0. The molecule has 2 aromatic heterocycles. The Labute approximate surface area is 189 Å². The summed E-state index contributed by atoms with van der Waals surface area (Å²) in [5.74, 6) is 2.51. The summed E-state index contributed by atoms with van der Waals surface area (Å²) >= 11 is 0. The number of aromatic nitrogens is 2. The minimum atomic E-state index is -0.0604. The maximum atomic E-state index is 13.5. The largest absolute Gasteiger partial charge is 0.491 e. The van der Waals surface area contributed by atoms with Crippen molar-refractivity contribution in [2.24, 2.45) is 11.8 Å². The van der Waals surface area contributed by atoms with Crippen LogP contribution in [0.2, 0.25) is 0 Å². The van der Waals surface area contributed by atoms with Gasteiger partial charge in [0.15, 0.2) is 11.4 Å². The minimum absolute atomic E-state index is 0. The molecule has 0 spiro atoms. The number of hydrogen-bond donors (Lipinski definition) is 1. The predicted octanol–water partition coefficient (Wildman–Crippen LogP) is 3.83. The molecule has 2 fully saturated rings. The van der Waals surface area contributed by atoms with Crippen LogP contribution >= 0.6 is 12.4 Å². The van der Waals surface area contributed by atoms with Gasteiger partial charge >= 0.3 is 0 Å². The number of carbonyl (C=O) groups excluding carboxylic acids is 1. The summed E-state index contributed by atoms with van der Waals surface area (Å²) in [5.41, 5.74) is 1.74. The van der Waals surface area contributed by atoms with Crippen LogP contribution in [0.3, 0.4) is 0 Å². The van der Waals surface area contributed by atoms with Crippen molar-refractivity contribution in [3.63, 3.8) is 0 Å². The number of carbonyl (C=O) groups is 1. The lowest BCUT2D eigenvalue weighted by Gasteiger charge is -2.35. The first kappa shape index (κ1) is 22.8. The van der Waals surface area contributed by atoms with E-state index in [2.05, 4.69) is 21.4 Å². The summed E-state index contributed by atoms with van der Waals surface area (Å²) in [6, 6.07) is 9.41. The lowest BCUT2D eigenvalue weighted by molar-refractivity contribution is 0.0605. The molecular formula is C23H28ClN5O2. The second-order valence-electron chi connectivity index (χ2n) is 8.18. The lowest BCUT2D eigenvalue weighted by atomic mass is 10.0. The number of aryl methyl sites for hydroxylation is 1. The zero-order valence-electron chi connectivity index (χ0n) is 17.9. The van der Waals surface area contributed by atoms with Crippen molar-refractivity contribution in [1.82, 2.24) is 14.9 Å². The first-order valence-electron chi connectivity index (χ1n) is 10.6. The van der Waals surface area contributed by atoms with Gasteiger partial charge in [-0.2, -0.15) is 5.26 Å². The van der Waals surface area contributed by atoms with Crippen molar-refractivity contribution >= 4 is 24.1 Å². The van der Waals surface area contributed by atoms with E-state index in [-0.39, 0.29) is 24.4 Å². The topological polar surface area (TPSA) is 91.1 Å². The molecule has 1 aliphatic heterocycles. The molecule has 1 saturated heterocycles. The Morgan fingerprint density at radius 3 is 2.84 bits per heavy atom. The molecule has 7 nitrogen and oxygen atoms in total. The average Bonchev–Trinajstić information content (AvgIpc) is 3.54. The number of fused-ring (bicyclic) bond motifs is 1. The van der Waals surface area contributed by atoms with Gasteiger partial charge in [0.2, 0.25) is 0 Å². The van der Waals surface area contributed by atoms with Crippen LogP contribution in [0.4, 0.5) is 5.82 Å². The third-order valence-electron chi connectivity index (χ3n) is 5.85. The SMILES string of the molecule is CCCOc1ccc(C)nc1C(=O)N1C[C@@H]2C[C@@H]2C[C@H]1CNc1ccc(C#N)cn1.Cl. The number of nitrogens with zero attached hydrogens (tertiary/aromatic N) is 4. The van der Waals surface area contributed by atoms with Crippen LogP contribution in [0.15, 0.2) is 30.5 Å². The van der Waals surface area contributed by atoms with E-state index in [1.54, 1.807) is 18.3 Å². The van der Waals surface area contributed by atoms with E-state index in [1.165, 1.54) is 6.42 Å². The van der Waals surface area contributed by atoms with Crippen LogP contribution in [-0.4, -0.2) is 46.5 Å². The number of pyridine rings is 2. The molecule has 0 radical (unpaired) electrons. The fraction of sp³-hybridized carbons (Fsp3) is 0.478. The molecule has 2 aliphatic rings. The standard InChI is InChI=1S/C23H27N5O2.ClH/c1-3-8-30-20-6-4-15(2)27-22(20)23(29)28-14-18-9-17(18)10-19(28)13-26-21-7-5-16(11-24)12-25-21;/h4-7,12,17-19H,3,8-10,13-14H2,1-2H3,(H,25,26);1H/t17-,18+,19+;/m1./s1. The summed E-state index contributed by atoms with van der Waals surface area (Å²) in [5, 5.41) is 12.3. The molecule has 0 unspecified atom stereocenters. The molecule has 0 bridgehead atoms. The summed E-state index contributed by atoms with van der Waals surface area (Å²) < 4.78 is 5.81. The van der Waals surface area contributed by atoms with Gasteiger partial charge in [0.1, 0.15) is 11.9 Å². The summed E-state index contributed by atoms with van der Waals surface area (Å²) in [4.78, 5) is 24.3. The molecule has 1 amide bonds. The van der Waals surface area contributed by atoms with Gasteiger partial charge in [-0.1, -0.05) is 6.92 Å². The maximum absolute atomic E-state index is 13.5. The Morgan fingerprint density at radius 1 is 1.29 bits per heavy atom. The van der Waals surface area contributed by atoms with Crippen LogP contribution in [0.1, 0.15) is 47.9 Å². The highest BCUT2D eigenvalue weighted by molar-refractivity contribution is 5.95. The molecule has 4 rings (SSSR count). The van der Waals surface area contributed by atoms with E-state index < -0.39 is 0 Å². The smallest absolute Gasteiger partial charge is 0.276 e. The molecule has 1 saturated carbocycles. The molecule has 1 aliphatic carbocycles. The Bertz CT molecular complexity index is 959. The second-order valence-corrected chi connectivity index (χ2v) is 8.18. The molecule has 1 N–H and O–H groups in total. The number of nitriles is 1. The molecular weight excluding hydrogens is 414 g/mol. The molecule has 31 heavy (non-hydrogen) atoms. The lowest BCUT2D eigenvalue weighted by Crippen LogP contribution is -2.48. The van der Waals surface area contributed by atoms with Gasteiger partial charge in [-0.25, -0.2) is 9.97 Å². The average molecular weight is 442 g/mol. The number of ether oxygens (including phenoxy) is 1. The van der Waals surface area contributed by atoms with Crippen LogP contribution in [0.25, 0.3) is 0 Å². The molecule has 8 heteroatoms. The van der Waals surface area contributed by atoms with E-state index in [0.717, 1.165) is 25.1 Å². The molecule has 3 heterocycles. The number of rotatable bonds is 7. The van der Waals surface area contributed by atoms with Gasteiger partial charge in [0, 0.05) is 31.0 Å². The van der Waals surface area contributed by atoms with E-state index in [4.69, 9.17) is 10.00 Å². The number of piperidine rings is 1.